The summed E-state index contributed by atoms with van der Waals surface area (Å²) in [6.45, 7) is 4.53. The van der Waals surface area contributed by atoms with E-state index in [1.54, 1.807) is 32.9 Å². The summed E-state index contributed by atoms with van der Waals surface area (Å²) < 4.78 is 33.3. The van der Waals surface area contributed by atoms with Gasteiger partial charge in [0.25, 0.3) is 10.0 Å². The Kier molecular flexibility index (Phi) is 8.37. The number of sulfonamides is 1. The molecule has 1 atom stereocenters. The van der Waals surface area contributed by atoms with E-state index in [0.717, 1.165) is 4.31 Å². The molecule has 0 aliphatic heterocycles. The van der Waals surface area contributed by atoms with Crippen molar-refractivity contribution in [2.24, 2.45) is 0 Å². The van der Waals surface area contributed by atoms with Gasteiger partial charge in [-0.2, -0.15) is 0 Å². The van der Waals surface area contributed by atoms with Crippen molar-refractivity contribution in [3.63, 3.8) is 0 Å². The van der Waals surface area contributed by atoms with E-state index < -0.39 is 28.8 Å². The number of anilines is 1. The molecule has 0 spiro atoms. The summed E-state index contributed by atoms with van der Waals surface area (Å²) >= 11 is 12.0. The van der Waals surface area contributed by atoms with Crippen LogP contribution in [0.3, 0.4) is 0 Å². The van der Waals surface area contributed by atoms with E-state index in [1.807, 2.05) is 0 Å². The largest absolute Gasteiger partial charge is 0.447 e. The second-order valence-corrected chi connectivity index (χ2v) is 9.62. The predicted molar refractivity (Wildman–Crippen MR) is 118 cm³/mol. The van der Waals surface area contributed by atoms with E-state index in [-0.39, 0.29) is 23.2 Å². The van der Waals surface area contributed by atoms with Crippen LogP contribution in [-0.2, 0) is 21.4 Å². The Bertz CT molecular complexity index is 981. The number of amides is 1. The molecule has 164 valence electrons. The molecular weight excluding hydrogens is 451 g/mol. The highest BCUT2D eigenvalue weighted by Crippen LogP contribution is 2.32. The first-order valence-corrected chi connectivity index (χ1v) is 11.4. The summed E-state index contributed by atoms with van der Waals surface area (Å²) in [5.74, 6) is 0. The zero-order valence-corrected chi connectivity index (χ0v) is 19.1. The molecule has 0 bridgehead atoms. The van der Waals surface area contributed by atoms with Gasteiger partial charge >= 0.3 is 6.09 Å². The SMILES string of the molecule is CC(C)NC(=O)OC[C@@H](C)N(c1cc(Cl)ccc1CO)S(=O)(=O)c1ccc(Cl)cc1. The van der Waals surface area contributed by atoms with Crippen molar-refractivity contribution in [3.8, 4) is 0 Å². The van der Waals surface area contributed by atoms with Crippen LogP contribution in [0.2, 0.25) is 10.0 Å². The first kappa shape index (κ1) is 24.3. The highest BCUT2D eigenvalue weighted by atomic mass is 35.5. The van der Waals surface area contributed by atoms with E-state index in [1.165, 1.54) is 30.3 Å². The maximum atomic E-state index is 13.5. The first-order chi connectivity index (χ1) is 14.1. The summed E-state index contributed by atoms with van der Waals surface area (Å²) in [5.41, 5.74) is 0.552. The molecule has 0 aliphatic carbocycles. The van der Waals surface area contributed by atoms with Gasteiger partial charge < -0.3 is 15.2 Å². The van der Waals surface area contributed by atoms with Gasteiger partial charge in [-0.15, -0.1) is 0 Å². The van der Waals surface area contributed by atoms with Gasteiger partial charge in [-0.05, 0) is 57.2 Å². The summed E-state index contributed by atoms with van der Waals surface area (Å²) in [4.78, 5) is 11.9. The van der Waals surface area contributed by atoms with Gasteiger partial charge in [0.15, 0.2) is 0 Å². The van der Waals surface area contributed by atoms with Crippen molar-refractivity contribution in [2.45, 2.75) is 44.4 Å². The van der Waals surface area contributed by atoms with Crippen LogP contribution in [0.4, 0.5) is 10.5 Å². The van der Waals surface area contributed by atoms with Crippen LogP contribution in [0.15, 0.2) is 47.4 Å². The maximum absolute atomic E-state index is 13.5. The molecule has 2 rings (SSSR count). The lowest BCUT2D eigenvalue weighted by molar-refractivity contribution is 0.139. The number of halogens is 2. The van der Waals surface area contributed by atoms with Gasteiger partial charge in [-0.1, -0.05) is 29.3 Å². The molecule has 2 aromatic carbocycles. The third-order valence-corrected chi connectivity index (χ3v) is 6.52. The molecule has 30 heavy (non-hydrogen) atoms. The minimum absolute atomic E-state index is 0.00533. The van der Waals surface area contributed by atoms with Crippen LogP contribution in [0.25, 0.3) is 0 Å². The van der Waals surface area contributed by atoms with E-state index in [4.69, 9.17) is 27.9 Å². The molecule has 0 saturated heterocycles. The van der Waals surface area contributed by atoms with Crippen LogP contribution >= 0.6 is 23.2 Å². The maximum Gasteiger partial charge on any atom is 0.407 e. The number of aliphatic hydroxyl groups excluding tert-OH is 1. The van der Waals surface area contributed by atoms with Crippen LogP contribution in [0.5, 0.6) is 0 Å². The average Bonchev–Trinajstić information content (AvgIpc) is 2.66. The normalized spacial score (nSPS) is 12.5. The summed E-state index contributed by atoms with van der Waals surface area (Å²) in [7, 11) is -4.10. The quantitative estimate of drug-likeness (QED) is 0.597. The van der Waals surface area contributed by atoms with Crippen molar-refractivity contribution < 1.29 is 23.1 Å². The van der Waals surface area contributed by atoms with Crippen molar-refractivity contribution in [1.29, 1.82) is 0 Å². The first-order valence-electron chi connectivity index (χ1n) is 9.18. The number of nitrogens with one attached hydrogen (secondary N) is 1. The highest BCUT2D eigenvalue weighted by molar-refractivity contribution is 7.92. The summed E-state index contributed by atoms with van der Waals surface area (Å²) in [6.07, 6.45) is -0.658. The number of aliphatic hydroxyl groups is 1. The van der Waals surface area contributed by atoms with Gasteiger partial charge in [-0.25, -0.2) is 13.2 Å². The number of hydrogen-bond acceptors (Lipinski definition) is 5. The Morgan fingerprint density at radius 2 is 1.70 bits per heavy atom. The van der Waals surface area contributed by atoms with Crippen molar-refractivity contribution in [3.05, 3.63) is 58.1 Å². The zero-order chi connectivity index (χ0) is 22.5. The Hall–Kier alpha value is -2.00. The molecule has 0 aromatic heterocycles. The number of carbonyl (C=O) groups excluding carboxylic acids is 1. The Morgan fingerprint density at radius 1 is 1.10 bits per heavy atom. The van der Waals surface area contributed by atoms with E-state index in [0.29, 0.717) is 15.6 Å². The van der Waals surface area contributed by atoms with Crippen LogP contribution in [0, 0.1) is 0 Å². The Labute approximate surface area is 186 Å². The molecule has 0 saturated carbocycles. The monoisotopic (exact) mass is 474 g/mol. The molecule has 0 fully saturated rings. The zero-order valence-electron chi connectivity index (χ0n) is 16.8. The fourth-order valence-electron chi connectivity index (χ4n) is 2.74. The standard InChI is InChI=1S/C20H24Cl2N2O5S/c1-13(2)23-20(26)29-12-14(3)24(19-10-17(22)5-4-15(19)11-25)30(27,28)18-8-6-16(21)7-9-18/h4-10,13-14,25H,11-12H2,1-3H3,(H,23,26)/t14-/m1/s1. The number of benzene rings is 2. The number of rotatable bonds is 8. The number of alkyl carbamates (subject to hydrolysis) is 1. The second-order valence-electron chi connectivity index (χ2n) is 6.93. The van der Waals surface area contributed by atoms with Gasteiger partial charge in [-0.3, -0.25) is 4.31 Å². The van der Waals surface area contributed by atoms with Gasteiger partial charge in [0.2, 0.25) is 0 Å². The minimum atomic E-state index is -4.10. The van der Waals surface area contributed by atoms with E-state index in [2.05, 4.69) is 5.32 Å². The fourth-order valence-corrected chi connectivity index (χ4v) is 4.70. The molecule has 0 unspecified atom stereocenters. The third kappa shape index (κ3) is 6.01. The number of hydrogen-bond donors (Lipinski definition) is 2. The van der Waals surface area contributed by atoms with Gasteiger partial charge in [0.05, 0.1) is 23.2 Å². The van der Waals surface area contributed by atoms with Crippen molar-refractivity contribution in [2.75, 3.05) is 10.9 Å². The predicted octanol–water partition coefficient (Wildman–Crippen LogP) is 4.20. The summed E-state index contributed by atoms with van der Waals surface area (Å²) in [6, 6.07) is 9.32. The molecule has 2 N–H and O–H groups in total. The summed E-state index contributed by atoms with van der Waals surface area (Å²) in [5, 5.41) is 13.0. The lowest BCUT2D eigenvalue weighted by Crippen LogP contribution is -2.43. The lowest BCUT2D eigenvalue weighted by Gasteiger charge is -2.32. The van der Waals surface area contributed by atoms with Gasteiger partial charge in [0.1, 0.15) is 6.61 Å². The van der Waals surface area contributed by atoms with Crippen LogP contribution in [0.1, 0.15) is 26.3 Å². The second kappa shape index (κ2) is 10.3. The molecule has 10 heteroatoms. The third-order valence-electron chi connectivity index (χ3n) is 4.09. The Morgan fingerprint density at radius 3 is 2.27 bits per heavy atom. The van der Waals surface area contributed by atoms with E-state index >= 15 is 0 Å². The van der Waals surface area contributed by atoms with Crippen molar-refractivity contribution >= 4 is 45.0 Å². The molecule has 0 radical (unpaired) electrons. The van der Waals surface area contributed by atoms with Crippen LogP contribution < -0.4 is 9.62 Å². The topological polar surface area (TPSA) is 95.9 Å². The molecule has 2 aromatic rings. The minimum Gasteiger partial charge on any atom is -0.447 e. The number of nitrogens with zero attached hydrogens (tertiary/aromatic N) is 1. The number of ether oxygens (including phenoxy) is 1. The highest BCUT2D eigenvalue weighted by Gasteiger charge is 2.32. The average molecular weight is 475 g/mol. The molecular formula is C20H24Cl2N2O5S. The molecule has 7 nitrogen and oxygen atoms in total. The molecule has 0 aliphatic rings. The van der Waals surface area contributed by atoms with Gasteiger partial charge in [0, 0.05) is 21.7 Å². The Balaban J connectivity index is 2.49. The fraction of sp³-hybridized carbons (Fsp3) is 0.350. The van der Waals surface area contributed by atoms with Crippen LogP contribution in [-0.4, -0.2) is 38.3 Å². The smallest absolute Gasteiger partial charge is 0.407 e. The van der Waals surface area contributed by atoms with E-state index in [9.17, 15) is 18.3 Å². The number of carbonyl (C=O) groups is 1. The van der Waals surface area contributed by atoms with Crippen molar-refractivity contribution in [1.82, 2.24) is 5.32 Å². The molecule has 0 heterocycles. The lowest BCUT2D eigenvalue weighted by atomic mass is 10.1. The molecule has 1 amide bonds.